The molecule has 0 bridgehead atoms. The maximum Gasteiger partial charge on any atom is 0.240 e. The lowest BCUT2D eigenvalue weighted by atomic mass is 10.0. The Bertz CT molecular complexity index is 1610. The zero-order valence-corrected chi connectivity index (χ0v) is 22.8. The molecule has 2 aromatic carbocycles. The molecule has 0 unspecified atom stereocenters. The SMILES string of the molecule is NC(=O)[C@H](Cc1c(F)c(F)c(F)c(F)c1F)NC(=O)CCCOc1cc(-c2cccnc2)nn1-c1ccc(Cl)c(Cl)c1. The van der Waals surface area contributed by atoms with E-state index in [1.807, 2.05) is 0 Å². The van der Waals surface area contributed by atoms with Crippen LogP contribution in [0.1, 0.15) is 18.4 Å². The summed E-state index contributed by atoms with van der Waals surface area (Å²) in [6, 6.07) is 8.27. The van der Waals surface area contributed by atoms with Crippen LogP contribution in [-0.4, -0.2) is 39.2 Å². The van der Waals surface area contributed by atoms with Gasteiger partial charge in [0.15, 0.2) is 23.3 Å². The van der Waals surface area contributed by atoms with Crippen molar-refractivity contribution in [3.05, 3.63) is 93.5 Å². The lowest BCUT2D eigenvalue weighted by molar-refractivity contribution is -0.127. The molecule has 42 heavy (non-hydrogen) atoms. The van der Waals surface area contributed by atoms with E-state index in [9.17, 15) is 31.5 Å². The van der Waals surface area contributed by atoms with Crippen LogP contribution in [0.2, 0.25) is 10.0 Å². The minimum atomic E-state index is -2.35. The summed E-state index contributed by atoms with van der Waals surface area (Å²) in [5, 5.41) is 7.32. The summed E-state index contributed by atoms with van der Waals surface area (Å²) in [5.41, 5.74) is 5.68. The molecular weight excluding hydrogens is 608 g/mol. The van der Waals surface area contributed by atoms with Gasteiger partial charge in [0.2, 0.25) is 23.5 Å². The second-order valence-electron chi connectivity index (χ2n) is 8.85. The van der Waals surface area contributed by atoms with E-state index in [-0.39, 0.29) is 30.4 Å². The number of rotatable bonds is 11. The monoisotopic (exact) mass is 627 g/mol. The Kier molecular flexibility index (Phi) is 9.63. The third-order valence-electron chi connectivity index (χ3n) is 5.97. The number of carbonyl (C=O) groups is 2. The maximum absolute atomic E-state index is 14.1. The first kappa shape index (κ1) is 30.7. The minimum Gasteiger partial charge on any atom is -0.478 e. The third-order valence-corrected chi connectivity index (χ3v) is 6.71. The van der Waals surface area contributed by atoms with Gasteiger partial charge >= 0.3 is 0 Å². The first-order valence-electron chi connectivity index (χ1n) is 12.2. The van der Waals surface area contributed by atoms with Crippen molar-refractivity contribution in [1.29, 1.82) is 0 Å². The number of halogens is 7. The maximum atomic E-state index is 14.1. The number of nitrogens with two attached hydrogens (primary N) is 1. The predicted molar refractivity (Wildman–Crippen MR) is 143 cm³/mol. The van der Waals surface area contributed by atoms with Crippen LogP contribution in [-0.2, 0) is 16.0 Å². The first-order chi connectivity index (χ1) is 20.0. The minimum absolute atomic E-state index is 0.0220. The van der Waals surface area contributed by atoms with Crippen LogP contribution >= 0.6 is 23.2 Å². The molecule has 220 valence electrons. The second-order valence-corrected chi connectivity index (χ2v) is 9.66. The van der Waals surface area contributed by atoms with Crippen molar-refractivity contribution >= 4 is 35.0 Å². The van der Waals surface area contributed by atoms with E-state index in [1.165, 1.54) is 4.68 Å². The molecular formula is C27H20Cl2F5N5O3. The second kappa shape index (κ2) is 13.2. The molecule has 15 heteroatoms. The number of hydrogen-bond acceptors (Lipinski definition) is 5. The summed E-state index contributed by atoms with van der Waals surface area (Å²) >= 11 is 12.2. The Morgan fingerprint density at radius 1 is 0.976 bits per heavy atom. The predicted octanol–water partition coefficient (Wildman–Crippen LogP) is 5.31. The molecule has 0 aliphatic heterocycles. The summed E-state index contributed by atoms with van der Waals surface area (Å²) in [6.07, 6.45) is 2.01. The van der Waals surface area contributed by atoms with Gasteiger partial charge in [-0.1, -0.05) is 23.2 Å². The Hall–Kier alpha value is -4.23. The zero-order chi connectivity index (χ0) is 30.6. The van der Waals surface area contributed by atoms with E-state index in [1.54, 1.807) is 48.8 Å². The summed E-state index contributed by atoms with van der Waals surface area (Å²) in [6.45, 7) is -0.0220. The lowest BCUT2D eigenvalue weighted by Crippen LogP contribution is -2.46. The van der Waals surface area contributed by atoms with Crippen LogP contribution in [0, 0.1) is 29.1 Å². The van der Waals surface area contributed by atoms with Gasteiger partial charge in [-0.3, -0.25) is 14.6 Å². The van der Waals surface area contributed by atoms with Gasteiger partial charge in [-0.25, -0.2) is 26.6 Å². The number of pyridine rings is 1. The van der Waals surface area contributed by atoms with Crippen molar-refractivity contribution in [3.8, 4) is 22.8 Å². The molecule has 8 nitrogen and oxygen atoms in total. The molecule has 0 fully saturated rings. The lowest BCUT2D eigenvalue weighted by Gasteiger charge is -2.17. The van der Waals surface area contributed by atoms with Gasteiger partial charge in [-0.05, 0) is 36.8 Å². The number of ether oxygens (including phenoxy) is 1. The molecule has 4 aromatic rings. The number of carbonyl (C=O) groups excluding carboxylic acids is 2. The number of hydrogen-bond donors (Lipinski definition) is 2. The molecule has 0 spiro atoms. The van der Waals surface area contributed by atoms with Crippen molar-refractivity contribution in [1.82, 2.24) is 20.1 Å². The molecule has 4 rings (SSSR count). The number of nitrogens with zero attached hydrogens (tertiary/aromatic N) is 3. The van der Waals surface area contributed by atoms with Crippen molar-refractivity contribution in [2.45, 2.75) is 25.3 Å². The van der Waals surface area contributed by atoms with Crippen molar-refractivity contribution in [3.63, 3.8) is 0 Å². The fourth-order valence-corrected chi connectivity index (χ4v) is 4.15. The smallest absolute Gasteiger partial charge is 0.240 e. The molecule has 0 saturated heterocycles. The molecule has 1 atom stereocenters. The highest BCUT2D eigenvalue weighted by Gasteiger charge is 2.29. The van der Waals surface area contributed by atoms with Gasteiger partial charge < -0.3 is 15.8 Å². The van der Waals surface area contributed by atoms with Crippen LogP contribution in [0.25, 0.3) is 16.9 Å². The highest BCUT2D eigenvalue weighted by Crippen LogP contribution is 2.30. The fraction of sp³-hybridized carbons (Fsp3) is 0.185. The summed E-state index contributed by atoms with van der Waals surface area (Å²) in [7, 11) is 0. The molecule has 2 heterocycles. The van der Waals surface area contributed by atoms with Crippen molar-refractivity contribution < 1.29 is 36.3 Å². The number of primary amides is 1. The van der Waals surface area contributed by atoms with Crippen molar-refractivity contribution in [2.75, 3.05) is 6.61 Å². The topological polar surface area (TPSA) is 112 Å². The highest BCUT2D eigenvalue weighted by molar-refractivity contribution is 6.42. The zero-order valence-electron chi connectivity index (χ0n) is 21.3. The molecule has 0 aliphatic rings. The van der Waals surface area contributed by atoms with E-state index < -0.39 is 58.9 Å². The normalized spacial score (nSPS) is 11.8. The standard InChI is InChI=1S/C27H20Cl2F5N5O3/c28-16-6-5-14(9-17(16)29)39-21(11-18(38-39)13-3-1-7-36-12-13)42-8-2-4-20(40)37-19(27(35)41)10-15-22(30)24(32)26(34)25(33)23(15)31/h1,3,5-7,9,11-12,19H,2,4,8,10H2,(H2,35,41)(H,37,40)/t19-/m0/s1. The van der Waals surface area contributed by atoms with Gasteiger partial charge in [0.05, 0.1) is 28.0 Å². The van der Waals surface area contributed by atoms with Crippen LogP contribution < -0.4 is 15.8 Å². The fourth-order valence-electron chi connectivity index (χ4n) is 3.86. The van der Waals surface area contributed by atoms with Crippen LogP contribution in [0.3, 0.4) is 0 Å². The van der Waals surface area contributed by atoms with Crippen LogP contribution in [0.4, 0.5) is 22.0 Å². The van der Waals surface area contributed by atoms with E-state index in [0.29, 0.717) is 22.0 Å². The molecule has 2 amide bonds. The Morgan fingerprint density at radius 2 is 1.67 bits per heavy atom. The van der Waals surface area contributed by atoms with E-state index >= 15 is 0 Å². The van der Waals surface area contributed by atoms with Gasteiger partial charge in [-0.2, -0.15) is 5.10 Å². The quantitative estimate of drug-likeness (QED) is 0.101. The molecule has 0 saturated carbocycles. The third kappa shape index (κ3) is 6.80. The van der Waals surface area contributed by atoms with Crippen LogP contribution in [0.5, 0.6) is 5.88 Å². The largest absolute Gasteiger partial charge is 0.478 e. The van der Waals surface area contributed by atoms with Gasteiger partial charge in [0.1, 0.15) is 6.04 Å². The average Bonchev–Trinajstić information content (AvgIpc) is 3.40. The Morgan fingerprint density at radius 3 is 2.29 bits per heavy atom. The number of benzene rings is 2. The number of nitrogens with one attached hydrogen (secondary N) is 1. The molecule has 3 N–H and O–H groups in total. The molecule has 0 aliphatic carbocycles. The Labute approximate surface area is 245 Å². The van der Waals surface area contributed by atoms with Gasteiger partial charge in [-0.15, -0.1) is 0 Å². The Balaban J connectivity index is 1.42. The van der Waals surface area contributed by atoms with Gasteiger partial charge in [0, 0.05) is 42.4 Å². The van der Waals surface area contributed by atoms with Gasteiger partial charge in [0.25, 0.3) is 0 Å². The average molecular weight is 628 g/mol. The van der Waals surface area contributed by atoms with Crippen molar-refractivity contribution in [2.24, 2.45) is 5.73 Å². The molecule has 2 aromatic heterocycles. The number of amides is 2. The summed E-state index contributed by atoms with van der Waals surface area (Å²) in [5.74, 6) is -12.7. The highest BCUT2D eigenvalue weighted by atomic mass is 35.5. The summed E-state index contributed by atoms with van der Waals surface area (Å²) in [4.78, 5) is 28.3. The van der Waals surface area contributed by atoms with E-state index in [4.69, 9.17) is 33.7 Å². The van der Waals surface area contributed by atoms with E-state index in [2.05, 4.69) is 15.4 Å². The molecule has 0 radical (unpaired) electrons. The van der Waals surface area contributed by atoms with E-state index in [0.717, 1.165) is 0 Å². The number of aromatic nitrogens is 3. The first-order valence-corrected chi connectivity index (χ1v) is 12.9. The van der Waals surface area contributed by atoms with Crippen LogP contribution in [0.15, 0.2) is 48.8 Å². The summed E-state index contributed by atoms with van der Waals surface area (Å²) < 4.78 is 75.8.